The molecule has 8 nitrogen and oxygen atoms in total. The summed E-state index contributed by atoms with van der Waals surface area (Å²) in [6, 6.07) is 15.4. The number of fused-ring (bicyclic) bond motifs is 1. The molecule has 0 spiro atoms. The number of hydrogen-bond acceptors (Lipinski definition) is 6. The number of ether oxygens (including phenoxy) is 2. The molecule has 0 atom stereocenters. The largest absolute Gasteiger partial charge is 0.478 e. The number of hydrogen-bond donors (Lipinski definition) is 1. The summed E-state index contributed by atoms with van der Waals surface area (Å²) in [4.78, 5) is 20.1. The van der Waals surface area contributed by atoms with Crippen molar-refractivity contribution >= 4 is 17.0 Å². The van der Waals surface area contributed by atoms with E-state index < -0.39 is 35.5 Å². The second-order valence-corrected chi connectivity index (χ2v) is 9.15. The summed E-state index contributed by atoms with van der Waals surface area (Å²) in [7, 11) is 1.50. The van der Waals surface area contributed by atoms with Crippen LogP contribution in [0.5, 0.6) is 5.88 Å². The monoisotopic (exact) mass is 574 g/mol. The van der Waals surface area contributed by atoms with E-state index >= 15 is 8.78 Å². The molecule has 5 rings (SSSR count). The number of nitrogens with zero attached hydrogens (tertiary/aromatic N) is 4. The van der Waals surface area contributed by atoms with Crippen LogP contribution in [0.1, 0.15) is 35.6 Å². The molecule has 0 amide bonds. The summed E-state index contributed by atoms with van der Waals surface area (Å²) in [5, 5.41) is 18.3. The molecule has 0 aliphatic carbocycles. The van der Waals surface area contributed by atoms with Crippen LogP contribution < -0.4 is 4.74 Å². The molecule has 3 aromatic carbocycles. The highest BCUT2D eigenvalue weighted by Crippen LogP contribution is 2.28. The number of carboxylic acids is 1. The minimum Gasteiger partial charge on any atom is -0.478 e. The molecule has 0 saturated heterocycles. The Morgan fingerprint density at radius 3 is 2.57 bits per heavy atom. The third-order valence-electron chi connectivity index (χ3n) is 6.44. The summed E-state index contributed by atoms with van der Waals surface area (Å²) < 4.78 is 73.8. The molecule has 1 N–H and O–H groups in total. The summed E-state index contributed by atoms with van der Waals surface area (Å²) in [6.07, 6.45) is -0.114. The number of halogens is 3. The van der Waals surface area contributed by atoms with Gasteiger partial charge in [-0.3, -0.25) is 0 Å². The zero-order valence-corrected chi connectivity index (χ0v) is 22.1. The van der Waals surface area contributed by atoms with Crippen molar-refractivity contribution < 1.29 is 35.3 Å². The third kappa shape index (κ3) is 5.94. The Morgan fingerprint density at radius 1 is 1.02 bits per heavy atom. The fraction of sp³-hybridized carbons (Fsp3) is 0.161. The van der Waals surface area contributed by atoms with Gasteiger partial charge in [0.1, 0.15) is 29.8 Å². The molecule has 5 aromatic rings. The number of pyridine rings is 1. The average molecular weight is 575 g/mol. The topological polar surface area (TPSA) is 110 Å². The smallest absolute Gasteiger partial charge is 0.335 e. The van der Waals surface area contributed by atoms with Crippen LogP contribution in [-0.4, -0.2) is 39.3 Å². The van der Waals surface area contributed by atoms with Crippen LogP contribution in [0.4, 0.5) is 13.2 Å². The Morgan fingerprint density at radius 2 is 1.83 bits per heavy atom. The normalized spacial score (nSPS) is 12.1. The van der Waals surface area contributed by atoms with Crippen molar-refractivity contribution in [2.45, 2.75) is 19.5 Å². The van der Waals surface area contributed by atoms with E-state index in [2.05, 4.69) is 9.97 Å². The van der Waals surface area contributed by atoms with E-state index in [0.717, 1.165) is 24.3 Å². The van der Waals surface area contributed by atoms with E-state index in [0.29, 0.717) is 23.4 Å². The number of rotatable bonds is 10. The van der Waals surface area contributed by atoms with Gasteiger partial charge in [0.05, 0.1) is 43.3 Å². The maximum absolute atomic E-state index is 15.4. The van der Waals surface area contributed by atoms with Gasteiger partial charge < -0.3 is 19.1 Å². The molecular formula is C31H23F3N4O4. The molecule has 11 heteroatoms. The molecular weight excluding hydrogens is 549 g/mol. The maximum Gasteiger partial charge on any atom is 0.335 e. The third-order valence-corrected chi connectivity index (χ3v) is 6.44. The summed E-state index contributed by atoms with van der Waals surface area (Å²) in [5.74, 6) is -3.63. The number of methoxy groups -OCH3 is 1. The first-order chi connectivity index (χ1) is 21.0. The quantitative estimate of drug-likeness (QED) is 0.221. The molecule has 0 fully saturated rings. The van der Waals surface area contributed by atoms with Crippen molar-refractivity contribution in [1.82, 2.24) is 14.5 Å². The molecule has 0 radical (unpaired) electrons. The van der Waals surface area contributed by atoms with E-state index in [1.165, 1.54) is 43.5 Å². The molecule has 0 saturated carbocycles. The first kappa shape index (κ1) is 25.7. The molecule has 0 aliphatic rings. The second-order valence-electron chi connectivity index (χ2n) is 9.15. The molecule has 42 heavy (non-hydrogen) atoms. The zero-order valence-electron chi connectivity index (χ0n) is 24.1. The Bertz CT molecular complexity index is 1940. The molecule has 0 unspecified atom stereocenters. The van der Waals surface area contributed by atoms with E-state index in [1.54, 1.807) is 16.7 Å². The van der Waals surface area contributed by atoms with E-state index in [1.807, 2.05) is 0 Å². The molecule has 0 bridgehead atoms. The Kier molecular flexibility index (Phi) is 7.43. The van der Waals surface area contributed by atoms with Crippen molar-refractivity contribution in [2.75, 3.05) is 13.7 Å². The van der Waals surface area contributed by atoms with Crippen LogP contribution in [0.2, 0.25) is 0 Å². The SMILES string of the molecule is [2H]C([2H])(Oc1cccc(-c2cc(F)c(Cc3nc4ccc(C(=O)O)cc4n3CCOC)cc2F)n1)c1ccc(C#N)cc1F. The highest BCUT2D eigenvalue weighted by atomic mass is 19.1. The number of aromatic nitrogens is 3. The van der Waals surface area contributed by atoms with Gasteiger partial charge in [0.15, 0.2) is 0 Å². The molecule has 2 heterocycles. The van der Waals surface area contributed by atoms with Gasteiger partial charge in [-0.25, -0.2) is 27.9 Å². The minimum absolute atomic E-state index is 0.00247. The van der Waals surface area contributed by atoms with Gasteiger partial charge in [0.2, 0.25) is 5.88 Å². The number of benzene rings is 3. The first-order valence-corrected chi connectivity index (χ1v) is 12.6. The molecule has 2 aromatic heterocycles. The van der Waals surface area contributed by atoms with Gasteiger partial charge in [-0.15, -0.1) is 0 Å². The molecule has 212 valence electrons. The zero-order chi connectivity index (χ0) is 31.6. The van der Waals surface area contributed by atoms with Crippen LogP contribution in [-0.2, 0) is 24.3 Å². The van der Waals surface area contributed by atoms with Gasteiger partial charge in [-0.05, 0) is 54.1 Å². The van der Waals surface area contributed by atoms with Gasteiger partial charge >= 0.3 is 5.97 Å². The molecule has 0 aliphatic heterocycles. The van der Waals surface area contributed by atoms with Crippen molar-refractivity contribution in [3.63, 3.8) is 0 Å². The lowest BCUT2D eigenvalue weighted by Gasteiger charge is -2.12. The van der Waals surface area contributed by atoms with E-state index in [-0.39, 0.29) is 46.9 Å². The highest BCUT2D eigenvalue weighted by molar-refractivity contribution is 5.92. The van der Waals surface area contributed by atoms with Crippen molar-refractivity contribution in [3.05, 3.63) is 112 Å². The van der Waals surface area contributed by atoms with Crippen LogP contribution in [0.25, 0.3) is 22.3 Å². The average Bonchev–Trinajstić information content (AvgIpc) is 3.33. The summed E-state index contributed by atoms with van der Waals surface area (Å²) in [6.45, 7) is -2.13. The van der Waals surface area contributed by atoms with Crippen LogP contribution in [0.15, 0.2) is 66.7 Å². The number of nitriles is 1. The van der Waals surface area contributed by atoms with Gasteiger partial charge in [-0.2, -0.15) is 5.26 Å². The predicted octanol–water partition coefficient (Wildman–Crippen LogP) is 5.90. The maximum atomic E-state index is 15.4. The lowest BCUT2D eigenvalue weighted by atomic mass is 10.0. The summed E-state index contributed by atoms with van der Waals surface area (Å²) >= 11 is 0. The number of aromatic carboxylic acids is 1. The van der Waals surface area contributed by atoms with Gasteiger partial charge in [0.25, 0.3) is 0 Å². The minimum atomic E-state index is -2.70. The lowest BCUT2D eigenvalue weighted by Crippen LogP contribution is -2.10. The van der Waals surface area contributed by atoms with Gasteiger partial charge in [0, 0.05) is 37.3 Å². The van der Waals surface area contributed by atoms with Gasteiger partial charge in [-0.1, -0.05) is 12.1 Å². The Balaban J connectivity index is 1.44. The second kappa shape index (κ2) is 12.1. The first-order valence-electron chi connectivity index (χ1n) is 13.6. The number of imidazole rings is 1. The van der Waals surface area contributed by atoms with Crippen LogP contribution in [0.3, 0.4) is 0 Å². The van der Waals surface area contributed by atoms with Crippen molar-refractivity contribution in [3.8, 4) is 23.2 Å². The highest BCUT2D eigenvalue weighted by Gasteiger charge is 2.18. The fourth-order valence-electron chi connectivity index (χ4n) is 4.36. The number of carboxylic acid groups (broad SMARTS) is 1. The van der Waals surface area contributed by atoms with Crippen LogP contribution >= 0.6 is 0 Å². The fourth-order valence-corrected chi connectivity index (χ4v) is 4.36. The van der Waals surface area contributed by atoms with Crippen LogP contribution in [0, 0.1) is 28.8 Å². The van der Waals surface area contributed by atoms with E-state index in [9.17, 15) is 14.3 Å². The van der Waals surface area contributed by atoms with Crippen molar-refractivity contribution in [1.29, 1.82) is 5.26 Å². The predicted molar refractivity (Wildman–Crippen MR) is 146 cm³/mol. The standard InChI is InChI=1S/C31H23F3N4O4/c1-41-10-9-38-28-13-19(31(39)40)7-8-27(28)36-29(38)14-21-12-25(34)22(15-24(21)33)26-3-2-4-30(37-26)42-17-20-6-5-18(16-35)11-23(20)32/h2-8,11-13,15H,9-10,14,17H2,1H3,(H,39,40)/i17D2. The Hall–Kier alpha value is -5.21. The van der Waals surface area contributed by atoms with E-state index in [4.69, 9.17) is 17.5 Å². The lowest BCUT2D eigenvalue weighted by molar-refractivity contribution is 0.0697. The van der Waals surface area contributed by atoms with Crippen molar-refractivity contribution in [2.24, 2.45) is 0 Å². The number of carbonyl (C=O) groups is 1. The Labute approximate surface area is 241 Å². The summed E-state index contributed by atoms with van der Waals surface area (Å²) in [5.41, 5.74) is 0.285.